The number of benzene rings is 4. The van der Waals surface area contributed by atoms with Gasteiger partial charge in [0.1, 0.15) is 22.5 Å². The van der Waals surface area contributed by atoms with Crippen LogP contribution in [0.4, 0.5) is 11.4 Å². The third-order valence-corrected chi connectivity index (χ3v) is 8.01. The van der Waals surface area contributed by atoms with Crippen LogP contribution in [-0.2, 0) is 9.59 Å². The lowest BCUT2D eigenvalue weighted by Crippen LogP contribution is -2.24. The predicted octanol–water partition coefficient (Wildman–Crippen LogP) is 6.50. The Kier molecular flexibility index (Phi) is 11.0. The normalized spacial score (nSPS) is 11.0. The zero-order chi connectivity index (χ0) is 34.0. The second-order valence-electron chi connectivity index (χ2n) is 11.2. The summed E-state index contributed by atoms with van der Waals surface area (Å²) in [5.74, 6) is -2.06. The van der Waals surface area contributed by atoms with Crippen molar-refractivity contribution < 1.29 is 29.3 Å². The second-order valence-corrected chi connectivity index (χ2v) is 11.2. The van der Waals surface area contributed by atoms with E-state index in [-0.39, 0.29) is 0 Å². The van der Waals surface area contributed by atoms with E-state index >= 15 is 0 Å². The van der Waals surface area contributed by atoms with Gasteiger partial charge in [-0.2, -0.15) is 0 Å². The summed E-state index contributed by atoms with van der Waals surface area (Å²) in [5.41, 5.74) is 5.95. The highest BCUT2D eigenvalue weighted by atomic mass is 16.5. The zero-order valence-corrected chi connectivity index (χ0v) is 27.2. The summed E-state index contributed by atoms with van der Waals surface area (Å²) >= 11 is 0. The molecule has 2 aromatic heterocycles. The Hall–Kier alpha value is -5.68. The molecule has 0 radical (unpaired) electrons. The van der Waals surface area contributed by atoms with Crippen molar-refractivity contribution in [2.24, 2.45) is 0 Å². The smallest absolute Gasteiger partial charge is 0.414 e. The van der Waals surface area contributed by atoms with E-state index < -0.39 is 11.9 Å². The SMILES string of the molecule is COc1cccc2c(NCCCN(C)CCCNc3c4ccccc4nc4c(OC)cccc34)c3ccccc3nc12.O=C(O)C(=O)O. The monoisotopic (exact) mass is 649 g/mol. The van der Waals surface area contributed by atoms with Crippen LogP contribution in [0.2, 0.25) is 0 Å². The van der Waals surface area contributed by atoms with Crippen LogP contribution in [-0.4, -0.2) is 84.5 Å². The highest BCUT2D eigenvalue weighted by molar-refractivity contribution is 6.27. The molecule has 0 amide bonds. The number of nitrogens with one attached hydrogen (secondary N) is 2. The van der Waals surface area contributed by atoms with E-state index in [1.165, 1.54) is 0 Å². The van der Waals surface area contributed by atoms with Crippen LogP contribution in [0, 0.1) is 0 Å². The molecule has 248 valence electrons. The average Bonchev–Trinajstić information content (AvgIpc) is 3.10. The predicted molar refractivity (Wildman–Crippen MR) is 191 cm³/mol. The summed E-state index contributed by atoms with van der Waals surface area (Å²) in [6, 6.07) is 28.8. The number of hydrogen-bond acceptors (Lipinski definition) is 9. The number of carboxylic acid groups (broad SMARTS) is 2. The number of ether oxygens (including phenoxy) is 2. The quantitative estimate of drug-likeness (QED) is 0.0655. The van der Waals surface area contributed by atoms with Gasteiger partial charge < -0.3 is 35.2 Å². The Morgan fingerprint density at radius 1 is 0.625 bits per heavy atom. The number of aliphatic carboxylic acids is 2. The van der Waals surface area contributed by atoms with E-state index in [1.54, 1.807) is 14.2 Å². The van der Waals surface area contributed by atoms with Crippen molar-refractivity contribution in [3.63, 3.8) is 0 Å². The number of fused-ring (bicyclic) bond motifs is 4. The molecule has 6 rings (SSSR count). The van der Waals surface area contributed by atoms with Crippen LogP contribution in [0.5, 0.6) is 11.5 Å². The molecule has 0 spiro atoms. The first kappa shape index (κ1) is 33.7. The molecule has 6 aromatic rings. The molecule has 2 heterocycles. The Morgan fingerprint density at radius 2 is 1.02 bits per heavy atom. The van der Waals surface area contributed by atoms with E-state index in [9.17, 15) is 0 Å². The molecule has 0 unspecified atom stereocenters. The van der Waals surface area contributed by atoms with Crippen molar-refractivity contribution in [2.75, 3.05) is 58.1 Å². The summed E-state index contributed by atoms with van der Waals surface area (Å²) in [4.78, 5) is 30.4. The van der Waals surface area contributed by atoms with Crippen LogP contribution >= 0.6 is 0 Å². The van der Waals surface area contributed by atoms with Crippen molar-refractivity contribution >= 4 is 66.9 Å². The van der Waals surface area contributed by atoms with E-state index in [4.69, 9.17) is 39.2 Å². The molecule has 4 aromatic carbocycles. The number of para-hydroxylation sites is 4. The standard InChI is InChI=1S/C35H37N5O2.C2H2O4/c1-40(22-10-20-36-32-24-12-4-6-16-28(24)38-34-26(32)14-8-18-30(34)41-2)23-11-21-37-33-25-13-5-7-17-29(25)39-35-27(33)15-9-19-31(35)42-3;3-1(4)2(5)6/h4-9,12-19H,10-11,20-23H2,1-3H3,(H,36,38)(H,37,39);(H,3,4)(H,5,6). The minimum absolute atomic E-state index is 0.793. The van der Waals surface area contributed by atoms with Gasteiger partial charge in [0.25, 0.3) is 0 Å². The molecule has 0 aliphatic carbocycles. The fourth-order valence-corrected chi connectivity index (χ4v) is 5.72. The Morgan fingerprint density at radius 3 is 1.42 bits per heavy atom. The van der Waals surface area contributed by atoms with Crippen LogP contribution < -0.4 is 20.1 Å². The van der Waals surface area contributed by atoms with Gasteiger partial charge in [-0.25, -0.2) is 19.6 Å². The number of anilines is 2. The van der Waals surface area contributed by atoms with Gasteiger partial charge in [-0.05, 0) is 57.2 Å². The number of rotatable bonds is 12. The average molecular weight is 650 g/mol. The Bertz CT molecular complexity index is 1920. The molecule has 0 atom stereocenters. The third-order valence-electron chi connectivity index (χ3n) is 8.01. The topological polar surface area (TPSA) is 146 Å². The van der Waals surface area contributed by atoms with Crippen molar-refractivity contribution in [3.8, 4) is 11.5 Å². The zero-order valence-electron chi connectivity index (χ0n) is 27.2. The molecule has 0 aliphatic heterocycles. The molecule has 11 nitrogen and oxygen atoms in total. The minimum atomic E-state index is -1.82. The molecule has 11 heteroatoms. The van der Waals surface area contributed by atoms with E-state index in [1.807, 2.05) is 36.4 Å². The van der Waals surface area contributed by atoms with Crippen molar-refractivity contribution in [1.29, 1.82) is 0 Å². The van der Waals surface area contributed by atoms with Crippen molar-refractivity contribution in [1.82, 2.24) is 14.9 Å². The molecule has 0 aliphatic rings. The molecule has 0 bridgehead atoms. The molecular weight excluding hydrogens is 610 g/mol. The first-order chi connectivity index (χ1) is 23.3. The third kappa shape index (κ3) is 7.64. The maximum Gasteiger partial charge on any atom is 0.414 e. The lowest BCUT2D eigenvalue weighted by molar-refractivity contribution is -0.159. The maximum atomic E-state index is 9.10. The number of aromatic nitrogens is 2. The molecule has 48 heavy (non-hydrogen) atoms. The number of nitrogens with zero attached hydrogens (tertiary/aromatic N) is 3. The summed E-state index contributed by atoms with van der Waals surface area (Å²) in [6.07, 6.45) is 2.07. The van der Waals surface area contributed by atoms with E-state index in [0.717, 1.165) is 106 Å². The van der Waals surface area contributed by atoms with Gasteiger partial charge in [0.15, 0.2) is 0 Å². The molecule has 0 fully saturated rings. The number of methoxy groups -OCH3 is 2. The largest absolute Gasteiger partial charge is 0.494 e. The van der Waals surface area contributed by atoms with Crippen molar-refractivity contribution in [3.05, 3.63) is 84.9 Å². The lowest BCUT2D eigenvalue weighted by Gasteiger charge is -2.19. The first-order valence-corrected chi connectivity index (χ1v) is 15.7. The molecular formula is C37H39N5O6. The number of hydrogen-bond donors (Lipinski definition) is 4. The van der Waals surface area contributed by atoms with Crippen molar-refractivity contribution in [2.45, 2.75) is 12.8 Å². The van der Waals surface area contributed by atoms with Gasteiger partial charge in [-0.15, -0.1) is 0 Å². The highest BCUT2D eigenvalue weighted by Gasteiger charge is 2.14. The molecule has 0 saturated heterocycles. The summed E-state index contributed by atoms with van der Waals surface area (Å²) in [6.45, 7) is 3.77. The van der Waals surface area contributed by atoms with Gasteiger partial charge in [0.2, 0.25) is 0 Å². The van der Waals surface area contributed by atoms with Crippen LogP contribution in [0.1, 0.15) is 12.8 Å². The summed E-state index contributed by atoms with van der Waals surface area (Å²) in [5, 5.41) is 26.7. The van der Waals surface area contributed by atoms with Gasteiger partial charge in [-0.1, -0.05) is 60.7 Å². The molecule has 0 saturated carbocycles. The summed E-state index contributed by atoms with van der Waals surface area (Å²) < 4.78 is 11.2. The van der Waals surface area contributed by atoms with Crippen LogP contribution in [0.3, 0.4) is 0 Å². The Balaban J connectivity index is 0.000000689. The van der Waals surface area contributed by atoms with Gasteiger partial charge in [0, 0.05) is 34.6 Å². The number of pyridine rings is 2. The van der Waals surface area contributed by atoms with Crippen LogP contribution in [0.25, 0.3) is 43.6 Å². The van der Waals surface area contributed by atoms with Gasteiger partial charge in [0.05, 0.1) is 36.6 Å². The first-order valence-electron chi connectivity index (χ1n) is 15.7. The fraction of sp³-hybridized carbons (Fsp3) is 0.243. The number of carboxylic acids is 2. The van der Waals surface area contributed by atoms with E-state index in [0.29, 0.717) is 0 Å². The van der Waals surface area contributed by atoms with E-state index in [2.05, 4.69) is 71.1 Å². The van der Waals surface area contributed by atoms with Crippen LogP contribution in [0.15, 0.2) is 84.9 Å². The number of carbonyl (C=O) groups is 2. The Labute approximate surface area is 278 Å². The van der Waals surface area contributed by atoms with Gasteiger partial charge in [-0.3, -0.25) is 0 Å². The van der Waals surface area contributed by atoms with Gasteiger partial charge >= 0.3 is 11.9 Å². The summed E-state index contributed by atoms with van der Waals surface area (Å²) in [7, 11) is 5.59. The minimum Gasteiger partial charge on any atom is -0.494 e. The molecule has 4 N–H and O–H groups in total. The fourth-order valence-electron chi connectivity index (χ4n) is 5.72. The highest BCUT2D eigenvalue weighted by Crippen LogP contribution is 2.36. The lowest BCUT2D eigenvalue weighted by atomic mass is 10.1. The second kappa shape index (κ2) is 15.7. The maximum absolute atomic E-state index is 9.10.